The van der Waals surface area contributed by atoms with Crippen LogP contribution in [0, 0.1) is 0 Å². The van der Waals surface area contributed by atoms with Gasteiger partial charge in [0.1, 0.15) is 4.60 Å². The number of fused-ring (bicyclic) bond motifs is 1. The Labute approximate surface area is 103 Å². The van der Waals surface area contributed by atoms with Gasteiger partial charge in [-0.05, 0) is 29.8 Å². The maximum atomic E-state index is 11.7. The lowest BCUT2D eigenvalue weighted by Gasteiger charge is -2.28. The zero-order valence-electron chi connectivity index (χ0n) is 9.31. The fourth-order valence-corrected chi connectivity index (χ4v) is 2.10. The van der Waals surface area contributed by atoms with E-state index in [-0.39, 0.29) is 12.2 Å². The summed E-state index contributed by atoms with van der Waals surface area (Å²) in [5.41, 5.74) is 1.02. The van der Waals surface area contributed by atoms with Crippen LogP contribution in [0.5, 0.6) is 0 Å². The van der Waals surface area contributed by atoms with Gasteiger partial charge in [-0.15, -0.1) is 0 Å². The van der Waals surface area contributed by atoms with Crippen LogP contribution in [-0.4, -0.2) is 33.2 Å². The molecule has 88 valence electrons. The highest BCUT2D eigenvalue weighted by atomic mass is 79.9. The highest BCUT2D eigenvalue weighted by Crippen LogP contribution is 2.21. The minimum absolute atomic E-state index is 0.0808. The number of rotatable bonds is 1. The van der Waals surface area contributed by atoms with Crippen LogP contribution in [0.15, 0.2) is 10.9 Å². The number of ether oxygens (including phenoxy) is 1. The standard InChI is InChI=1S/C10H14BrN3O2/c1-7(2)16-10(15)13-3-4-14-6-12-9(11)8(14)5-13/h6-7H,3-5H2,1-2H3. The van der Waals surface area contributed by atoms with Gasteiger partial charge in [0, 0.05) is 13.1 Å². The van der Waals surface area contributed by atoms with Crippen molar-refractivity contribution in [3.63, 3.8) is 0 Å². The van der Waals surface area contributed by atoms with Crippen LogP contribution in [0.3, 0.4) is 0 Å². The SMILES string of the molecule is CC(C)OC(=O)N1CCn2cnc(Br)c2C1. The molecular formula is C10H14BrN3O2. The van der Waals surface area contributed by atoms with Gasteiger partial charge in [-0.1, -0.05) is 0 Å². The Morgan fingerprint density at radius 3 is 3.00 bits per heavy atom. The topological polar surface area (TPSA) is 47.4 Å². The molecule has 1 aromatic heterocycles. The molecule has 2 rings (SSSR count). The first-order chi connectivity index (χ1) is 7.58. The average Bonchev–Trinajstić information content (AvgIpc) is 2.59. The molecule has 1 amide bonds. The van der Waals surface area contributed by atoms with Crippen molar-refractivity contribution in [3.8, 4) is 0 Å². The summed E-state index contributed by atoms with van der Waals surface area (Å²) in [6.45, 7) is 5.68. The Kier molecular flexibility index (Phi) is 3.18. The Balaban J connectivity index is 2.07. The predicted octanol–water partition coefficient (Wildman–Crippen LogP) is 2.01. The first kappa shape index (κ1) is 11.4. The third kappa shape index (κ3) is 2.21. The highest BCUT2D eigenvalue weighted by molar-refractivity contribution is 9.10. The van der Waals surface area contributed by atoms with Crippen molar-refractivity contribution in [2.24, 2.45) is 0 Å². The number of amides is 1. The van der Waals surface area contributed by atoms with Crippen molar-refractivity contribution in [1.29, 1.82) is 0 Å². The number of aromatic nitrogens is 2. The lowest BCUT2D eigenvalue weighted by molar-refractivity contribution is 0.0688. The van der Waals surface area contributed by atoms with Crippen molar-refractivity contribution in [2.75, 3.05) is 6.54 Å². The van der Waals surface area contributed by atoms with E-state index in [1.54, 1.807) is 11.2 Å². The fraction of sp³-hybridized carbons (Fsp3) is 0.600. The monoisotopic (exact) mass is 287 g/mol. The molecule has 0 bridgehead atoms. The molecule has 5 nitrogen and oxygen atoms in total. The molecule has 0 aliphatic carbocycles. The van der Waals surface area contributed by atoms with Crippen molar-refractivity contribution < 1.29 is 9.53 Å². The molecule has 0 atom stereocenters. The number of hydrogen-bond acceptors (Lipinski definition) is 3. The second-order valence-electron chi connectivity index (χ2n) is 4.03. The molecule has 1 aliphatic heterocycles. The van der Waals surface area contributed by atoms with Gasteiger partial charge in [0.05, 0.1) is 24.7 Å². The van der Waals surface area contributed by atoms with Gasteiger partial charge in [0.2, 0.25) is 0 Å². The number of imidazole rings is 1. The molecule has 16 heavy (non-hydrogen) atoms. The van der Waals surface area contributed by atoms with Gasteiger partial charge >= 0.3 is 6.09 Å². The summed E-state index contributed by atoms with van der Waals surface area (Å²) in [5.74, 6) is 0. The maximum absolute atomic E-state index is 11.7. The maximum Gasteiger partial charge on any atom is 0.410 e. The fourth-order valence-electron chi connectivity index (χ4n) is 1.65. The van der Waals surface area contributed by atoms with Gasteiger partial charge in [0.15, 0.2) is 0 Å². The molecule has 0 saturated heterocycles. The molecular weight excluding hydrogens is 274 g/mol. The van der Waals surface area contributed by atoms with Gasteiger partial charge < -0.3 is 14.2 Å². The molecule has 0 aromatic carbocycles. The molecule has 1 aromatic rings. The number of hydrogen-bond donors (Lipinski definition) is 0. The van der Waals surface area contributed by atoms with Crippen LogP contribution in [-0.2, 0) is 17.8 Å². The third-order valence-corrected chi connectivity index (χ3v) is 3.10. The Bertz CT molecular complexity index is 403. The predicted molar refractivity (Wildman–Crippen MR) is 62.0 cm³/mol. The summed E-state index contributed by atoms with van der Waals surface area (Å²) in [6, 6.07) is 0. The zero-order chi connectivity index (χ0) is 11.7. The average molecular weight is 288 g/mol. The number of nitrogens with zero attached hydrogens (tertiary/aromatic N) is 3. The van der Waals surface area contributed by atoms with E-state index in [0.717, 1.165) is 16.8 Å². The normalized spacial score (nSPS) is 15.1. The first-order valence-electron chi connectivity index (χ1n) is 5.23. The lowest BCUT2D eigenvalue weighted by Crippen LogP contribution is -2.39. The summed E-state index contributed by atoms with van der Waals surface area (Å²) in [4.78, 5) is 17.6. The van der Waals surface area contributed by atoms with Crippen LogP contribution in [0.4, 0.5) is 4.79 Å². The summed E-state index contributed by atoms with van der Waals surface area (Å²) in [5, 5.41) is 0. The molecule has 0 spiro atoms. The van der Waals surface area contributed by atoms with E-state index in [0.29, 0.717) is 13.1 Å². The lowest BCUT2D eigenvalue weighted by atomic mass is 10.3. The summed E-state index contributed by atoms with van der Waals surface area (Å²) in [6.07, 6.45) is 1.45. The summed E-state index contributed by atoms with van der Waals surface area (Å²) < 4.78 is 8.01. The van der Waals surface area contributed by atoms with Crippen LogP contribution in [0.2, 0.25) is 0 Å². The van der Waals surface area contributed by atoms with E-state index in [2.05, 4.69) is 20.9 Å². The van der Waals surface area contributed by atoms with Crippen LogP contribution < -0.4 is 0 Å². The molecule has 6 heteroatoms. The highest BCUT2D eigenvalue weighted by Gasteiger charge is 2.24. The molecule has 0 N–H and O–H groups in total. The molecule has 0 saturated carbocycles. The quantitative estimate of drug-likeness (QED) is 0.794. The summed E-state index contributed by atoms with van der Waals surface area (Å²) in [7, 11) is 0. The summed E-state index contributed by atoms with van der Waals surface area (Å²) >= 11 is 3.37. The first-order valence-corrected chi connectivity index (χ1v) is 6.02. The number of carbonyl (C=O) groups excluding carboxylic acids is 1. The number of carbonyl (C=O) groups is 1. The second-order valence-corrected chi connectivity index (χ2v) is 4.78. The van der Waals surface area contributed by atoms with Crippen molar-refractivity contribution >= 4 is 22.0 Å². The van der Waals surface area contributed by atoms with Crippen LogP contribution >= 0.6 is 15.9 Å². The van der Waals surface area contributed by atoms with E-state index in [1.165, 1.54) is 0 Å². The molecule has 1 aliphatic rings. The van der Waals surface area contributed by atoms with Crippen LogP contribution in [0.1, 0.15) is 19.5 Å². The van der Waals surface area contributed by atoms with E-state index >= 15 is 0 Å². The van der Waals surface area contributed by atoms with Crippen molar-refractivity contribution in [3.05, 3.63) is 16.6 Å². The van der Waals surface area contributed by atoms with Gasteiger partial charge in [-0.3, -0.25) is 0 Å². The Morgan fingerprint density at radius 2 is 2.31 bits per heavy atom. The van der Waals surface area contributed by atoms with Crippen molar-refractivity contribution in [2.45, 2.75) is 33.0 Å². The molecule has 2 heterocycles. The molecule has 0 fully saturated rings. The number of halogens is 1. The van der Waals surface area contributed by atoms with E-state index in [4.69, 9.17) is 4.74 Å². The van der Waals surface area contributed by atoms with Gasteiger partial charge in [0.25, 0.3) is 0 Å². The minimum atomic E-state index is -0.255. The van der Waals surface area contributed by atoms with Gasteiger partial charge in [-0.2, -0.15) is 0 Å². The molecule has 0 unspecified atom stereocenters. The minimum Gasteiger partial charge on any atom is -0.447 e. The Morgan fingerprint density at radius 1 is 1.56 bits per heavy atom. The zero-order valence-corrected chi connectivity index (χ0v) is 10.9. The van der Waals surface area contributed by atoms with E-state index in [9.17, 15) is 4.79 Å². The third-order valence-electron chi connectivity index (χ3n) is 2.44. The van der Waals surface area contributed by atoms with Crippen LogP contribution in [0.25, 0.3) is 0 Å². The van der Waals surface area contributed by atoms with Gasteiger partial charge in [-0.25, -0.2) is 9.78 Å². The van der Waals surface area contributed by atoms with E-state index < -0.39 is 0 Å². The second kappa shape index (κ2) is 4.45. The van der Waals surface area contributed by atoms with Crippen molar-refractivity contribution in [1.82, 2.24) is 14.5 Å². The Hall–Kier alpha value is -1.04. The largest absolute Gasteiger partial charge is 0.447 e. The molecule has 0 radical (unpaired) electrons. The smallest absolute Gasteiger partial charge is 0.410 e. The van der Waals surface area contributed by atoms with E-state index in [1.807, 2.05) is 18.4 Å².